The number of methoxy groups -OCH3 is 1. The average Bonchev–Trinajstić information content (AvgIpc) is 2.32. The molecular formula is C14H29NO. The zero-order valence-electron chi connectivity index (χ0n) is 11.3. The Morgan fingerprint density at radius 1 is 1.38 bits per heavy atom. The van der Waals surface area contributed by atoms with Gasteiger partial charge in [0, 0.05) is 7.11 Å². The summed E-state index contributed by atoms with van der Waals surface area (Å²) in [6.45, 7) is 5.28. The van der Waals surface area contributed by atoms with Crippen LogP contribution in [0, 0.1) is 11.3 Å². The quantitative estimate of drug-likeness (QED) is 0.755. The van der Waals surface area contributed by atoms with Gasteiger partial charge in [-0.2, -0.15) is 0 Å². The molecule has 0 aliphatic heterocycles. The van der Waals surface area contributed by atoms with Crippen molar-refractivity contribution in [2.45, 2.75) is 64.9 Å². The molecule has 0 heterocycles. The molecule has 0 bridgehead atoms. The minimum Gasteiger partial charge on any atom is -0.382 e. The van der Waals surface area contributed by atoms with Crippen LogP contribution < -0.4 is 5.73 Å². The molecule has 1 saturated carbocycles. The highest BCUT2D eigenvalue weighted by molar-refractivity contribution is 4.87. The van der Waals surface area contributed by atoms with Gasteiger partial charge in [-0.25, -0.2) is 0 Å². The number of rotatable bonds is 6. The fourth-order valence-electron chi connectivity index (χ4n) is 3.17. The van der Waals surface area contributed by atoms with Crippen LogP contribution in [0.4, 0.5) is 0 Å². The molecule has 2 nitrogen and oxygen atoms in total. The maximum absolute atomic E-state index is 6.01. The van der Waals surface area contributed by atoms with Gasteiger partial charge in [-0.3, -0.25) is 0 Å². The molecule has 16 heavy (non-hydrogen) atoms. The molecule has 0 aromatic heterocycles. The molecule has 0 aromatic rings. The molecule has 1 aliphatic rings. The zero-order valence-corrected chi connectivity index (χ0v) is 11.3. The summed E-state index contributed by atoms with van der Waals surface area (Å²) >= 11 is 0. The maximum Gasteiger partial charge on any atom is 0.0549 e. The summed E-state index contributed by atoms with van der Waals surface area (Å²) in [5, 5.41) is 0. The Hall–Kier alpha value is -0.0800. The normalized spacial score (nSPS) is 32.6. The van der Waals surface area contributed by atoms with Crippen molar-refractivity contribution < 1.29 is 4.74 Å². The van der Waals surface area contributed by atoms with Crippen molar-refractivity contribution in [1.29, 1.82) is 0 Å². The third-order valence-electron chi connectivity index (χ3n) is 4.42. The smallest absolute Gasteiger partial charge is 0.0549 e. The zero-order chi connectivity index (χ0) is 12.0. The van der Waals surface area contributed by atoms with Gasteiger partial charge in [0.05, 0.1) is 6.10 Å². The lowest BCUT2D eigenvalue weighted by atomic mass is 9.67. The van der Waals surface area contributed by atoms with Crippen LogP contribution in [0.3, 0.4) is 0 Å². The summed E-state index contributed by atoms with van der Waals surface area (Å²) in [6.07, 6.45) is 9.59. The van der Waals surface area contributed by atoms with Crippen LogP contribution in [0.5, 0.6) is 0 Å². The highest BCUT2D eigenvalue weighted by Gasteiger charge is 2.34. The fourth-order valence-corrected chi connectivity index (χ4v) is 3.17. The van der Waals surface area contributed by atoms with Gasteiger partial charge in [0.25, 0.3) is 0 Å². The highest BCUT2D eigenvalue weighted by Crippen LogP contribution is 2.43. The van der Waals surface area contributed by atoms with Gasteiger partial charge in [-0.15, -0.1) is 0 Å². The molecular weight excluding hydrogens is 198 g/mol. The van der Waals surface area contributed by atoms with E-state index in [0.29, 0.717) is 11.5 Å². The Morgan fingerprint density at radius 2 is 2.00 bits per heavy atom. The van der Waals surface area contributed by atoms with E-state index in [1.54, 1.807) is 7.11 Å². The van der Waals surface area contributed by atoms with Gasteiger partial charge in [-0.1, -0.05) is 19.8 Å². The van der Waals surface area contributed by atoms with Gasteiger partial charge in [0.2, 0.25) is 0 Å². The SMILES string of the molecule is CCCC1CCC(CN)(CC(C)OC)CC1. The van der Waals surface area contributed by atoms with E-state index in [0.717, 1.165) is 18.9 Å². The molecule has 0 saturated heterocycles. The summed E-state index contributed by atoms with van der Waals surface area (Å²) in [6, 6.07) is 0. The molecule has 0 amide bonds. The van der Waals surface area contributed by atoms with Gasteiger partial charge in [0.1, 0.15) is 0 Å². The van der Waals surface area contributed by atoms with E-state index in [1.807, 2.05) is 0 Å². The van der Waals surface area contributed by atoms with Gasteiger partial charge >= 0.3 is 0 Å². The minimum absolute atomic E-state index is 0.353. The van der Waals surface area contributed by atoms with Crippen molar-refractivity contribution in [2.75, 3.05) is 13.7 Å². The first-order valence-corrected chi connectivity index (χ1v) is 6.88. The van der Waals surface area contributed by atoms with E-state index in [2.05, 4.69) is 13.8 Å². The summed E-state index contributed by atoms with van der Waals surface area (Å²) in [4.78, 5) is 0. The fraction of sp³-hybridized carbons (Fsp3) is 1.00. The van der Waals surface area contributed by atoms with E-state index < -0.39 is 0 Å². The lowest BCUT2D eigenvalue weighted by Gasteiger charge is -2.41. The topological polar surface area (TPSA) is 35.2 Å². The summed E-state index contributed by atoms with van der Waals surface area (Å²) < 4.78 is 5.40. The Kier molecular flexibility index (Phi) is 5.77. The second kappa shape index (κ2) is 6.61. The molecule has 1 atom stereocenters. The minimum atomic E-state index is 0.353. The largest absolute Gasteiger partial charge is 0.382 e. The predicted octanol–water partition coefficient (Wildman–Crippen LogP) is 3.35. The molecule has 1 rings (SSSR count). The number of hydrogen-bond acceptors (Lipinski definition) is 2. The van der Waals surface area contributed by atoms with Crippen LogP contribution in [0.2, 0.25) is 0 Å². The van der Waals surface area contributed by atoms with Crippen molar-refractivity contribution in [3.05, 3.63) is 0 Å². The van der Waals surface area contributed by atoms with Crippen molar-refractivity contribution >= 4 is 0 Å². The van der Waals surface area contributed by atoms with Crippen LogP contribution in [0.1, 0.15) is 58.8 Å². The summed E-state index contributed by atoms with van der Waals surface area (Å²) in [5.74, 6) is 0.961. The van der Waals surface area contributed by atoms with E-state index in [4.69, 9.17) is 10.5 Å². The summed E-state index contributed by atoms with van der Waals surface area (Å²) in [7, 11) is 1.80. The van der Waals surface area contributed by atoms with Crippen LogP contribution in [-0.2, 0) is 4.74 Å². The van der Waals surface area contributed by atoms with E-state index in [1.165, 1.54) is 38.5 Å². The number of hydrogen-bond donors (Lipinski definition) is 1. The number of ether oxygens (including phenoxy) is 1. The molecule has 2 heteroatoms. The van der Waals surface area contributed by atoms with E-state index >= 15 is 0 Å². The first kappa shape index (κ1) is 14.0. The average molecular weight is 227 g/mol. The Morgan fingerprint density at radius 3 is 2.44 bits per heavy atom. The van der Waals surface area contributed by atoms with Crippen molar-refractivity contribution in [3.8, 4) is 0 Å². The predicted molar refractivity (Wildman–Crippen MR) is 69.4 cm³/mol. The van der Waals surface area contributed by atoms with Crippen LogP contribution >= 0.6 is 0 Å². The van der Waals surface area contributed by atoms with E-state index in [9.17, 15) is 0 Å². The Balaban J connectivity index is 2.44. The van der Waals surface area contributed by atoms with Gasteiger partial charge in [-0.05, 0) is 56.9 Å². The Bertz CT molecular complexity index is 185. The molecule has 2 N–H and O–H groups in total. The van der Waals surface area contributed by atoms with Crippen LogP contribution in [0.15, 0.2) is 0 Å². The first-order valence-electron chi connectivity index (χ1n) is 6.88. The monoisotopic (exact) mass is 227 g/mol. The first-order chi connectivity index (χ1) is 7.65. The number of nitrogens with two attached hydrogens (primary N) is 1. The lowest BCUT2D eigenvalue weighted by Crippen LogP contribution is -2.37. The third-order valence-corrected chi connectivity index (χ3v) is 4.42. The molecule has 1 aliphatic carbocycles. The van der Waals surface area contributed by atoms with Crippen LogP contribution in [-0.4, -0.2) is 19.8 Å². The maximum atomic E-state index is 6.01. The second-order valence-electron chi connectivity index (χ2n) is 5.69. The third kappa shape index (κ3) is 3.74. The van der Waals surface area contributed by atoms with E-state index in [-0.39, 0.29) is 0 Å². The molecule has 0 aromatic carbocycles. The molecule has 1 fully saturated rings. The van der Waals surface area contributed by atoms with Gasteiger partial charge < -0.3 is 10.5 Å². The van der Waals surface area contributed by atoms with Crippen LogP contribution in [0.25, 0.3) is 0 Å². The summed E-state index contributed by atoms with van der Waals surface area (Å²) in [5.41, 5.74) is 6.38. The lowest BCUT2D eigenvalue weighted by molar-refractivity contribution is 0.0399. The molecule has 0 radical (unpaired) electrons. The molecule has 0 spiro atoms. The molecule has 1 unspecified atom stereocenters. The van der Waals surface area contributed by atoms with Crippen molar-refractivity contribution in [3.63, 3.8) is 0 Å². The standard InChI is InChI=1S/C14H29NO/c1-4-5-13-6-8-14(11-15,9-7-13)10-12(2)16-3/h12-13H,4-11,15H2,1-3H3. The Labute approximate surface area is 101 Å². The van der Waals surface area contributed by atoms with Crippen molar-refractivity contribution in [1.82, 2.24) is 0 Å². The van der Waals surface area contributed by atoms with Gasteiger partial charge in [0.15, 0.2) is 0 Å². The second-order valence-corrected chi connectivity index (χ2v) is 5.69. The molecule has 96 valence electrons. The van der Waals surface area contributed by atoms with Crippen molar-refractivity contribution in [2.24, 2.45) is 17.1 Å². The highest BCUT2D eigenvalue weighted by atomic mass is 16.5.